The minimum absolute atomic E-state index is 0.0706. The summed E-state index contributed by atoms with van der Waals surface area (Å²) < 4.78 is 4.64. The highest BCUT2D eigenvalue weighted by molar-refractivity contribution is 6.07. The smallest absolute Gasteiger partial charge is 0.303 e. The number of nitrogens with two attached hydrogens (primary N) is 1. The summed E-state index contributed by atoms with van der Waals surface area (Å²) in [5, 5.41) is 23.3. The fourth-order valence-electron chi connectivity index (χ4n) is 2.82. The second-order valence-corrected chi connectivity index (χ2v) is 6.24. The third kappa shape index (κ3) is 5.51. The van der Waals surface area contributed by atoms with Gasteiger partial charge in [0.15, 0.2) is 6.61 Å². The minimum atomic E-state index is -1.14. The lowest BCUT2D eigenvalue weighted by atomic mass is 9.90. The molecule has 0 spiro atoms. The average Bonchev–Trinajstić information content (AvgIpc) is 2.61. The number of esters is 1. The van der Waals surface area contributed by atoms with Crippen LogP contribution in [0.25, 0.3) is 0 Å². The van der Waals surface area contributed by atoms with Crippen molar-refractivity contribution < 1.29 is 34.1 Å². The van der Waals surface area contributed by atoms with Gasteiger partial charge in [0.25, 0.3) is 11.8 Å². The van der Waals surface area contributed by atoms with Crippen LogP contribution in [0, 0.1) is 20.8 Å². The first-order valence-electron chi connectivity index (χ1n) is 8.45. The largest absolute Gasteiger partial charge is 0.456 e. The lowest BCUT2D eigenvalue weighted by Crippen LogP contribution is -2.35. The summed E-state index contributed by atoms with van der Waals surface area (Å²) in [5.41, 5.74) is 6.87. The molecule has 6 N–H and O–H groups in total. The maximum atomic E-state index is 12.6. The molecule has 0 aliphatic heterocycles. The molecule has 154 valence electrons. The van der Waals surface area contributed by atoms with Gasteiger partial charge in [0, 0.05) is 30.3 Å². The number of rotatable bonds is 8. The van der Waals surface area contributed by atoms with E-state index >= 15 is 0 Å². The fraction of sp³-hybridized carbons (Fsp3) is 0.444. The number of nitrogens with one attached hydrogen (secondary N) is 2. The predicted molar refractivity (Wildman–Crippen MR) is 99.9 cm³/mol. The maximum Gasteiger partial charge on any atom is 0.303 e. The van der Waals surface area contributed by atoms with Crippen molar-refractivity contribution in [2.45, 2.75) is 33.8 Å². The van der Waals surface area contributed by atoms with E-state index in [1.54, 1.807) is 20.8 Å². The molecular weight excluding hydrogens is 370 g/mol. The van der Waals surface area contributed by atoms with Gasteiger partial charge in [-0.2, -0.15) is 0 Å². The van der Waals surface area contributed by atoms with Gasteiger partial charge in [-0.3, -0.25) is 19.2 Å². The Labute approximate surface area is 162 Å². The predicted octanol–water partition coefficient (Wildman–Crippen LogP) is -0.705. The van der Waals surface area contributed by atoms with E-state index in [9.17, 15) is 24.3 Å². The van der Waals surface area contributed by atoms with Crippen LogP contribution in [0.2, 0.25) is 0 Å². The first-order chi connectivity index (χ1) is 13.0. The number of carbonyl (C=O) groups is 4. The minimum Gasteiger partial charge on any atom is -0.456 e. The van der Waals surface area contributed by atoms with E-state index in [-0.39, 0.29) is 23.4 Å². The number of hydrogen-bond acceptors (Lipinski definition) is 7. The Hall–Kier alpha value is -2.98. The van der Waals surface area contributed by atoms with Crippen molar-refractivity contribution in [1.82, 2.24) is 5.32 Å². The quantitative estimate of drug-likeness (QED) is 0.362. The second kappa shape index (κ2) is 9.81. The second-order valence-electron chi connectivity index (χ2n) is 6.24. The van der Waals surface area contributed by atoms with E-state index in [2.05, 4.69) is 15.4 Å². The molecule has 1 unspecified atom stereocenters. The molecule has 0 saturated carbocycles. The normalized spacial score (nSPS) is 11.5. The number of ether oxygens (including phenoxy) is 1. The third-order valence-corrected chi connectivity index (χ3v) is 4.10. The molecule has 0 radical (unpaired) electrons. The number of benzene rings is 1. The summed E-state index contributed by atoms with van der Waals surface area (Å²) in [6.45, 7) is 4.57. The molecule has 0 bridgehead atoms. The van der Waals surface area contributed by atoms with Gasteiger partial charge < -0.3 is 31.3 Å². The number of amides is 3. The molecular formula is C18H25N3O7. The maximum absolute atomic E-state index is 12.6. The van der Waals surface area contributed by atoms with Crippen LogP contribution in [0.15, 0.2) is 0 Å². The van der Waals surface area contributed by atoms with Gasteiger partial charge in [-0.1, -0.05) is 0 Å². The van der Waals surface area contributed by atoms with Crippen molar-refractivity contribution >= 4 is 29.4 Å². The molecule has 0 aromatic heterocycles. The van der Waals surface area contributed by atoms with Crippen LogP contribution < -0.4 is 16.4 Å². The average molecular weight is 395 g/mol. The number of aliphatic hydroxyl groups excluding tert-OH is 2. The molecule has 0 heterocycles. The number of primary amides is 1. The standard InChI is InChI=1S/C18H25N3O7/c1-8-14(17(19)26)9(2)16(21-13(25)7-28-11(4)23)10(3)15(8)18(27)20-5-12(24)6-22/h12,22,24H,5-7H2,1-4H3,(H2,19,26)(H,20,27)(H,21,25). The Kier molecular flexibility index (Phi) is 8.08. The summed E-state index contributed by atoms with van der Waals surface area (Å²) in [6.07, 6.45) is -1.14. The Morgan fingerprint density at radius 1 is 1.07 bits per heavy atom. The zero-order valence-electron chi connectivity index (χ0n) is 16.2. The number of aliphatic hydroxyl groups is 2. The molecule has 28 heavy (non-hydrogen) atoms. The van der Waals surface area contributed by atoms with Crippen molar-refractivity contribution in [3.05, 3.63) is 27.8 Å². The SMILES string of the molecule is CC(=O)OCC(=O)Nc1c(C)c(C(N)=O)c(C)c(C(=O)NCC(O)CO)c1C. The molecule has 1 rings (SSSR count). The van der Waals surface area contributed by atoms with Gasteiger partial charge in [0.1, 0.15) is 0 Å². The van der Waals surface area contributed by atoms with Crippen LogP contribution in [0.5, 0.6) is 0 Å². The highest BCUT2D eigenvalue weighted by Crippen LogP contribution is 2.31. The summed E-state index contributed by atoms with van der Waals surface area (Å²) in [5.74, 6) is -2.68. The van der Waals surface area contributed by atoms with E-state index < -0.39 is 43.0 Å². The molecule has 1 atom stereocenters. The Bertz CT molecular complexity index is 805. The zero-order valence-corrected chi connectivity index (χ0v) is 16.2. The van der Waals surface area contributed by atoms with Gasteiger partial charge in [-0.05, 0) is 37.5 Å². The van der Waals surface area contributed by atoms with Gasteiger partial charge in [-0.25, -0.2) is 0 Å². The van der Waals surface area contributed by atoms with Crippen molar-refractivity contribution in [2.24, 2.45) is 5.73 Å². The topological polar surface area (TPSA) is 168 Å². The molecule has 0 fully saturated rings. The van der Waals surface area contributed by atoms with E-state index in [1.807, 2.05) is 0 Å². The highest BCUT2D eigenvalue weighted by Gasteiger charge is 2.25. The lowest BCUT2D eigenvalue weighted by Gasteiger charge is -2.21. The molecule has 1 aromatic rings. The van der Waals surface area contributed by atoms with Crippen LogP contribution in [0.1, 0.15) is 44.3 Å². The Morgan fingerprint density at radius 3 is 2.14 bits per heavy atom. The molecule has 3 amide bonds. The van der Waals surface area contributed by atoms with E-state index in [4.69, 9.17) is 10.8 Å². The first kappa shape index (κ1) is 23.1. The van der Waals surface area contributed by atoms with Crippen molar-refractivity contribution in [3.8, 4) is 0 Å². The van der Waals surface area contributed by atoms with Gasteiger partial charge >= 0.3 is 5.97 Å². The summed E-state index contributed by atoms with van der Waals surface area (Å²) >= 11 is 0. The van der Waals surface area contributed by atoms with Crippen LogP contribution in [0.3, 0.4) is 0 Å². The Morgan fingerprint density at radius 2 is 1.64 bits per heavy atom. The summed E-state index contributed by atoms with van der Waals surface area (Å²) in [4.78, 5) is 47.5. The molecule has 0 aliphatic rings. The zero-order chi connectivity index (χ0) is 21.6. The Balaban J connectivity index is 3.38. The molecule has 0 saturated heterocycles. The van der Waals surface area contributed by atoms with Crippen LogP contribution in [-0.2, 0) is 14.3 Å². The summed E-state index contributed by atoms with van der Waals surface area (Å²) in [7, 11) is 0. The number of carbonyl (C=O) groups excluding carboxylic acids is 4. The van der Waals surface area contributed by atoms with Crippen LogP contribution in [0.4, 0.5) is 5.69 Å². The third-order valence-electron chi connectivity index (χ3n) is 4.10. The van der Waals surface area contributed by atoms with Crippen molar-refractivity contribution in [3.63, 3.8) is 0 Å². The van der Waals surface area contributed by atoms with Crippen LogP contribution in [-0.4, -0.2) is 59.8 Å². The van der Waals surface area contributed by atoms with Gasteiger partial charge in [0.2, 0.25) is 5.91 Å². The highest BCUT2D eigenvalue weighted by atomic mass is 16.5. The van der Waals surface area contributed by atoms with Gasteiger partial charge in [0.05, 0.1) is 12.7 Å². The van der Waals surface area contributed by atoms with Crippen molar-refractivity contribution in [2.75, 3.05) is 25.1 Å². The first-order valence-corrected chi connectivity index (χ1v) is 8.45. The summed E-state index contributed by atoms with van der Waals surface area (Å²) in [6, 6.07) is 0. The van der Waals surface area contributed by atoms with Crippen LogP contribution >= 0.6 is 0 Å². The van der Waals surface area contributed by atoms with E-state index in [1.165, 1.54) is 0 Å². The molecule has 10 nitrogen and oxygen atoms in total. The molecule has 10 heteroatoms. The van der Waals surface area contributed by atoms with E-state index in [0.717, 1.165) is 6.92 Å². The number of hydrogen-bond donors (Lipinski definition) is 5. The molecule has 1 aromatic carbocycles. The fourth-order valence-corrected chi connectivity index (χ4v) is 2.82. The lowest BCUT2D eigenvalue weighted by molar-refractivity contribution is -0.144. The molecule has 0 aliphatic carbocycles. The van der Waals surface area contributed by atoms with E-state index in [0.29, 0.717) is 16.7 Å². The van der Waals surface area contributed by atoms with Gasteiger partial charge in [-0.15, -0.1) is 0 Å². The van der Waals surface area contributed by atoms with Crippen molar-refractivity contribution in [1.29, 1.82) is 0 Å². The number of anilines is 1. The monoisotopic (exact) mass is 395 g/mol.